The van der Waals surface area contributed by atoms with E-state index in [0.29, 0.717) is 6.54 Å². The van der Waals surface area contributed by atoms with Crippen molar-refractivity contribution in [3.8, 4) is 0 Å². The van der Waals surface area contributed by atoms with Crippen molar-refractivity contribution in [3.05, 3.63) is 24.2 Å². The summed E-state index contributed by atoms with van der Waals surface area (Å²) in [6, 6.07) is 4.00. The van der Waals surface area contributed by atoms with Crippen LogP contribution in [0, 0.1) is 0 Å². The van der Waals surface area contributed by atoms with Crippen molar-refractivity contribution in [3.63, 3.8) is 0 Å². The van der Waals surface area contributed by atoms with Crippen LogP contribution in [-0.4, -0.2) is 24.5 Å². The molecule has 1 aromatic rings. The molecule has 0 bridgehead atoms. The lowest BCUT2D eigenvalue weighted by Gasteiger charge is -2.18. The molecule has 1 amide bonds. The summed E-state index contributed by atoms with van der Waals surface area (Å²) in [5, 5.41) is 6.07. The highest BCUT2D eigenvalue weighted by Gasteiger charge is 2.14. The second kappa shape index (κ2) is 7.12. The Morgan fingerprint density at radius 3 is 2.82 bits per heavy atom. The van der Waals surface area contributed by atoms with Gasteiger partial charge in [0.2, 0.25) is 5.91 Å². The van der Waals surface area contributed by atoms with Gasteiger partial charge in [0.25, 0.3) is 0 Å². The molecule has 0 spiro atoms. The molecule has 17 heavy (non-hydrogen) atoms. The van der Waals surface area contributed by atoms with Crippen LogP contribution in [0.2, 0.25) is 0 Å². The zero-order valence-electron chi connectivity index (χ0n) is 10.8. The highest BCUT2D eigenvalue weighted by atomic mass is 16.3. The maximum Gasteiger partial charge on any atom is 0.236 e. The molecule has 0 aliphatic carbocycles. The quantitative estimate of drug-likeness (QED) is 0.760. The molecule has 2 atom stereocenters. The summed E-state index contributed by atoms with van der Waals surface area (Å²) >= 11 is 0. The molecule has 0 aliphatic rings. The molecular formula is C13H22N2O2. The molecule has 0 aromatic carbocycles. The van der Waals surface area contributed by atoms with E-state index in [-0.39, 0.29) is 18.0 Å². The van der Waals surface area contributed by atoms with Crippen LogP contribution >= 0.6 is 0 Å². The minimum absolute atomic E-state index is 0.0531. The number of furan rings is 1. The fourth-order valence-corrected chi connectivity index (χ4v) is 1.73. The third-order valence-corrected chi connectivity index (χ3v) is 2.68. The average Bonchev–Trinajstić information content (AvgIpc) is 2.79. The van der Waals surface area contributed by atoms with Crippen molar-refractivity contribution in [1.29, 1.82) is 0 Å². The average molecular weight is 238 g/mol. The van der Waals surface area contributed by atoms with Crippen LogP contribution in [0.4, 0.5) is 0 Å². The summed E-state index contributed by atoms with van der Waals surface area (Å²) in [6.45, 7) is 6.56. The Morgan fingerprint density at radius 1 is 1.47 bits per heavy atom. The monoisotopic (exact) mass is 238 g/mol. The third kappa shape index (κ3) is 5.04. The Hall–Kier alpha value is -1.29. The van der Waals surface area contributed by atoms with Crippen molar-refractivity contribution in [2.75, 3.05) is 6.54 Å². The van der Waals surface area contributed by atoms with E-state index in [0.717, 1.165) is 18.6 Å². The van der Waals surface area contributed by atoms with Crippen LogP contribution in [0.15, 0.2) is 22.8 Å². The number of hydrogen-bond acceptors (Lipinski definition) is 3. The first-order valence-electron chi connectivity index (χ1n) is 6.19. The Kier molecular flexibility index (Phi) is 5.77. The van der Waals surface area contributed by atoms with Gasteiger partial charge in [0.15, 0.2) is 0 Å². The number of carbonyl (C=O) groups excluding carboxylic acids is 1. The minimum Gasteiger partial charge on any atom is -0.469 e. The summed E-state index contributed by atoms with van der Waals surface area (Å²) in [7, 11) is 0. The number of nitrogens with one attached hydrogen (secondary N) is 2. The minimum atomic E-state index is -0.151. The van der Waals surface area contributed by atoms with Crippen LogP contribution in [0.3, 0.4) is 0 Å². The van der Waals surface area contributed by atoms with Crippen LogP contribution in [0.1, 0.15) is 33.0 Å². The van der Waals surface area contributed by atoms with Gasteiger partial charge in [0.05, 0.1) is 12.3 Å². The summed E-state index contributed by atoms with van der Waals surface area (Å²) < 4.78 is 5.27. The second-order valence-corrected chi connectivity index (χ2v) is 4.30. The summed E-state index contributed by atoms with van der Waals surface area (Å²) in [5.74, 6) is 1.04. The third-order valence-electron chi connectivity index (χ3n) is 2.68. The number of amides is 1. The Bertz CT molecular complexity index is 322. The van der Waals surface area contributed by atoms with E-state index >= 15 is 0 Å². The first-order valence-corrected chi connectivity index (χ1v) is 6.19. The predicted molar refractivity (Wildman–Crippen MR) is 67.8 cm³/mol. The Labute approximate surface area is 103 Å². The maximum atomic E-state index is 11.5. The number of aryl methyl sites for hydroxylation is 1. The lowest BCUT2D eigenvalue weighted by atomic mass is 10.1. The van der Waals surface area contributed by atoms with Crippen LogP contribution in [0.25, 0.3) is 0 Å². The number of likely N-dealkylation sites (N-methyl/N-ethyl adjacent to an activating group) is 1. The molecule has 4 heteroatoms. The lowest BCUT2D eigenvalue weighted by molar-refractivity contribution is -0.122. The van der Waals surface area contributed by atoms with E-state index < -0.39 is 0 Å². The molecule has 0 fully saturated rings. The van der Waals surface area contributed by atoms with Crippen LogP contribution < -0.4 is 10.6 Å². The largest absolute Gasteiger partial charge is 0.469 e. The molecule has 1 rings (SSSR count). The smallest absolute Gasteiger partial charge is 0.236 e. The first-order chi connectivity index (χ1) is 8.13. The van der Waals surface area contributed by atoms with E-state index in [2.05, 4.69) is 17.6 Å². The molecule has 1 heterocycles. The summed E-state index contributed by atoms with van der Waals surface area (Å²) in [5.41, 5.74) is 0. The van der Waals surface area contributed by atoms with Crippen molar-refractivity contribution < 1.29 is 9.21 Å². The number of rotatable bonds is 7. The van der Waals surface area contributed by atoms with Crippen molar-refractivity contribution in [1.82, 2.24) is 10.6 Å². The fraction of sp³-hybridized carbons (Fsp3) is 0.615. The van der Waals surface area contributed by atoms with Gasteiger partial charge in [-0.15, -0.1) is 0 Å². The molecule has 96 valence electrons. The molecule has 0 aliphatic heterocycles. The van der Waals surface area contributed by atoms with Crippen molar-refractivity contribution in [2.45, 2.75) is 45.7 Å². The van der Waals surface area contributed by atoms with Crippen molar-refractivity contribution in [2.24, 2.45) is 0 Å². The van der Waals surface area contributed by atoms with E-state index in [1.165, 1.54) is 0 Å². The van der Waals surface area contributed by atoms with Crippen LogP contribution in [0.5, 0.6) is 0 Å². The first kappa shape index (κ1) is 13.8. The number of hydrogen-bond donors (Lipinski definition) is 2. The van der Waals surface area contributed by atoms with Crippen molar-refractivity contribution >= 4 is 5.91 Å². The van der Waals surface area contributed by atoms with Gasteiger partial charge in [-0.3, -0.25) is 4.79 Å². The topological polar surface area (TPSA) is 54.3 Å². The number of carbonyl (C=O) groups is 1. The van der Waals surface area contributed by atoms with Gasteiger partial charge in [-0.2, -0.15) is 0 Å². The molecule has 4 nitrogen and oxygen atoms in total. The van der Waals surface area contributed by atoms with Gasteiger partial charge in [0, 0.05) is 19.0 Å². The predicted octanol–water partition coefficient (Wildman–Crippen LogP) is 1.71. The normalized spacial score (nSPS) is 14.3. The molecule has 2 unspecified atom stereocenters. The molecule has 0 radical (unpaired) electrons. The van der Waals surface area contributed by atoms with E-state index in [4.69, 9.17) is 4.42 Å². The van der Waals surface area contributed by atoms with Gasteiger partial charge in [-0.05, 0) is 39.3 Å². The van der Waals surface area contributed by atoms with Gasteiger partial charge in [-0.1, -0.05) is 0 Å². The fourth-order valence-electron chi connectivity index (χ4n) is 1.73. The van der Waals surface area contributed by atoms with Crippen LogP contribution in [-0.2, 0) is 11.2 Å². The zero-order valence-corrected chi connectivity index (χ0v) is 10.8. The van der Waals surface area contributed by atoms with E-state index in [1.54, 1.807) is 6.26 Å². The highest BCUT2D eigenvalue weighted by molar-refractivity contribution is 5.81. The lowest BCUT2D eigenvalue weighted by Crippen LogP contribution is -2.45. The Balaban J connectivity index is 2.24. The zero-order chi connectivity index (χ0) is 12.7. The van der Waals surface area contributed by atoms with Gasteiger partial charge in [-0.25, -0.2) is 0 Å². The molecular weight excluding hydrogens is 216 g/mol. The maximum absolute atomic E-state index is 11.5. The van der Waals surface area contributed by atoms with Gasteiger partial charge < -0.3 is 15.1 Å². The Morgan fingerprint density at radius 2 is 2.24 bits per heavy atom. The van der Waals surface area contributed by atoms with E-state index in [9.17, 15) is 4.79 Å². The molecule has 0 saturated carbocycles. The summed E-state index contributed by atoms with van der Waals surface area (Å²) in [4.78, 5) is 11.5. The molecule has 1 aromatic heterocycles. The highest BCUT2D eigenvalue weighted by Crippen LogP contribution is 2.06. The van der Waals surface area contributed by atoms with Gasteiger partial charge in [0.1, 0.15) is 5.76 Å². The molecule has 2 N–H and O–H groups in total. The second-order valence-electron chi connectivity index (χ2n) is 4.30. The standard InChI is InChI=1S/C13H22N2O2/c1-4-14-13(16)11(3)15-10(2)7-8-12-6-5-9-17-12/h5-6,9-11,15H,4,7-8H2,1-3H3,(H,14,16). The van der Waals surface area contributed by atoms with Gasteiger partial charge >= 0.3 is 0 Å². The van der Waals surface area contributed by atoms with E-state index in [1.807, 2.05) is 26.0 Å². The molecule has 0 saturated heterocycles. The SMILES string of the molecule is CCNC(=O)C(C)NC(C)CCc1ccco1. The summed E-state index contributed by atoms with van der Waals surface area (Å²) in [6.07, 6.45) is 3.53.